The van der Waals surface area contributed by atoms with Gasteiger partial charge in [-0.3, -0.25) is 4.99 Å². The highest BCUT2D eigenvalue weighted by atomic mass is 32.2. The van der Waals surface area contributed by atoms with Crippen molar-refractivity contribution < 1.29 is 8.42 Å². The molecule has 0 bridgehead atoms. The molecule has 7 heteroatoms. The predicted octanol–water partition coefficient (Wildman–Crippen LogP) is 3.05. The van der Waals surface area contributed by atoms with Gasteiger partial charge in [0.25, 0.3) is 0 Å². The molecular weight excluding hydrogens is 384 g/mol. The average molecular weight is 429 g/mol. The summed E-state index contributed by atoms with van der Waals surface area (Å²) in [5, 5.41) is 6.98. The minimum absolute atomic E-state index is 0.130. The second kappa shape index (κ2) is 11.5. The van der Waals surface area contributed by atoms with Crippen molar-refractivity contribution in [1.29, 1.82) is 0 Å². The zero-order valence-electron chi connectivity index (χ0n) is 19.2. The zero-order chi connectivity index (χ0) is 21.3. The molecule has 1 saturated heterocycles. The van der Waals surface area contributed by atoms with E-state index in [4.69, 9.17) is 4.99 Å². The van der Waals surface area contributed by atoms with E-state index in [2.05, 4.69) is 36.3 Å². The lowest BCUT2D eigenvalue weighted by molar-refractivity contribution is 0.160. The van der Waals surface area contributed by atoms with Crippen LogP contribution in [-0.4, -0.2) is 70.1 Å². The van der Waals surface area contributed by atoms with Gasteiger partial charge in [0.2, 0.25) is 0 Å². The van der Waals surface area contributed by atoms with Gasteiger partial charge in [-0.15, -0.1) is 0 Å². The van der Waals surface area contributed by atoms with Gasteiger partial charge in [-0.25, -0.2) is 8.42 Å². The molecule has 1 heterocycles. The van der Waals surface area contributed by atoms with Crippen molar-refractivity contribution in [3.05, 3.63) is 0 Å². The third-order valence-electron chi connectivity index (χ3n) is 6.33. The molecular formula is C22H44N4O2S. The molecule has 1 saturated carbocycles. The maximum atomic E-state index is 11.5. The Morgan fingerprint density at radius 2 is 1.76 bits per heavy atom. The number of hydrogen-bond donors (Lipinski definition) is 2. The Kier molecular flexibility index (Phi) is 9.73. The van der Waals surface area contributed by atoms with Crippen LogP contribution in [0, 0.1) is 11.3 Å². The normalized spacial score (nSPS) is 21.3. The molecule has 0 amide bonds. The Bertz CT molecular complexity index is 604. The summed E-state index contributed by atoms with van der Waals surface area (Å²) in [5.41, 5.74) is -0.130. The lowest BCUT2D eigenvalue weighted by Crippen LogP contribution is -2.49. The number of likely N-dealkylation sites (tertiary alicyclic amines) is 1. The third-order valence-corrected chi connectivity index (χ3v) is 7.27. The van der Waals surface area contributed by atoms with Crippen molar-refractivity contribution in [2.45, 2.75) is 78.2 Å². The van der Waals surface area contributed by atoms with Crippen molar-refractivity contribution in [2.24, 2.45) is 16.3 Å². The Balaban J connectivity index is 1.78. The molecule has 0 radical (unpaired) electrons. The molecule has 0 aromatic rings. The van der Waals surface area contributed by atoms with E-state index in [1.54, 1.807) is 0 Å². The quantitative estimate of drug-likeness (QED) is 0.436. The number of rotatable bonds is 9. The Hall–Kier alpha value is -0.820. The molecule has 0 unspecified atom stereocenters. The number of piperidine rings is 1. The monoisotopic (exact) mass is 428 g/mol. The van der Waals surface area contributed by atoms with Crippen molar-refractivity contribution in [1.82, 2.24) is 15.5 Å². The maximum Gasteiger partial charge on any atom is 0.191 e. The van der Waals surface area contributed by atoms with Gasteiger partial charge in [-0.1, -0.05) is 33.1 Å². The molecule has 29 heavy (non-hydrogen) atoms. The largest absolute Gasteiger partial charge is 0.357 e. The lowest BCUT2D eigenvalue weighted by atomic mass is 9.88. The highest BCUT2D eigenvalue weighted by Gasteiger charge is 2.24. The SMILES string of the molecule is CCNC(=NCC(C)(C)CCS(C)(=O)=O)NC1CCN(CC2CCCCC2)CC1. The summed E-state index contributed by atoms with van der Waals surface area (Å²) in [5.74, 6) is 2.01. The van der Waals surface area contributed by atoms with Crippen LogP contribution in [0.3, 0.4) is 0 Å². The van der Waals surface area contributed by atoms with Gasteiger partial charge in [-0.05, 0) is 50.4 Å². The smallest absolute Gasteiger partial charge is 0.191 e. The second-order valence-corrected chi connectivity index (χ2v) is 12.2. The highest BCUT2D eigenvalue weighted by Crippen LogP contribution is 2.25. The first-order chi connectivity index (χ1) is 13.7. The van der Waals surface area contributed by atoms with Crippen LogP contribution in [0.1, 0.15) is 72.1 Å². The van der Waals surface area contributed by atoms with Crippen molar-refractivity contribution in [2.75, 3.05) is 44.7 Å². The van der Waals surface area contributed by atoms with E-state index in [1.165, 1.54) is 58.0 Å². The van der Waals surface area contributed by atoms with Gasteiger partial charge >= 0.3 is 0 Å². The summed E-state index contributed by atoms with van der Waals surface area (Å²) in [6, 6.07) is 0.467. The van der Waals surface area contributed by atoms with E-state index in [-0.39, 0.29) is 11.2 Å². The van der Waals surface area contributed by atoms with Crippen LogP contribution in [-0.2, 0) is 9.84 Å². The van der Waals surface area contributed by atoms with Crippen LogP contribution in [0.25, 0.3) is 0 Å². The van der Waals surface area contributed by atoms with Gasteiger partial charge in [0.05, 0.1) is 5.75 Å². The van der Waals surface area contributed by atoms with Gasteiger partial charge in [0.15, 0.2) is 5.96 Å². The van der Waals surface area contributed by atoms with Gasteiger partial charge in [-0.2, -0.15) is 0 Å². The fourth-order valence-electron chi connectivity index (χ4n) is 4.34. The van der Waals surface area contributed by atoms with E-state index in [1.807, 2.05) is 0 Å². The minimum Gasteiger partial charge on any atom is -0.357 e. The van der Waals surface area contributed by atoms with Crippen LogP contribution in [0.15, 0.2) is 4.99 Å². The highest BCUT2D eigenvalue weighted by molar-refractivity contribution is 7.90. The fourth-order valence-corrected chi connectivity index (χ4v) is 5.27. The third kappa shape index (κ3) is 10.2. The fraction of sp³-hybridized carbons (Fsp3) is 0.955. The van der Waals surface area contributed by atoms with Crippen molar-refractivity contribution in [3.8, 4) is 0 Å². The van der Waals surface area contributed by atoms with Crippen molar-refractivity contribution >= 4 is 15.8 Å². The molecule has 0 atom stereocenters. The summed E-state index contributed by atoms with van der Waals surface area (Å²) in [4.78, 5) is 7.44. The van der Waals surface area contributed by atoms with Crippen LogP contribution in [0.5, 0.6) is 0 Å². The minimum atomic E-state index is -2.93. The Labute approximate surface area is 179 Å². The van der Waals surface area contributed by atoms with Crippen LogP contribution >= 0.6 is 0 Å². The van der Waals surface area contributed by atoms with Crippen LogP contribution < -0.4 is 10.6 Å². The molecule has 0 aromatic carbocycles. The summed E-state index contributed by atoms with van der Waals surface area (Å²) in [7, 11) is -2.93. The number of hydrogen-bond acceptors (Lipinski definition) is 4. The molecule has 2 aliphatic rings. The predicted molar refractivity (Wildman–Crippen MR) is 123 cm³/mol. The molecule has 0 spiro atoms. The first kappa shape index (κ1) is 24.4. The second-order valence-electron chi connectivity index (χ2n) is 9.96. The molecule has 1 aliphatic carbocycles. The summed E-state index contributed by atoms with van der Waals surface area (Å²) < 4.78 is 22.9. The van der Waals surface area contributed by atoms with E-state index in [9.17, 15) is 8.42 Å². The van der Waals surface area contributed by atoms with Crippen LogP contribution in [0.4, 0.5) is 0 Å². The molecule has 1 aliphatic heterocycles. The summed E-state index contributed by atoms with van der Waals surface area (Å²) >= 11 is 0. The van der Waals surface area contributed by atoms with Gasteiger partial charge in [0, 0.05) is 45.0 Å². The van der Waals surface area contributed by atoms with Gasteiger partial charge < -0.3 is 15.5 Å². The summed E-state index contributed by atoms with van der Waals surface area (Å²) in [6.07, 6.45) is 11.4. The molecule has 2 N–H and O–H groups in total. The number of aliphatic imine (C=N–C) groups is 1. The Morgan fingerprint density at radius 1 is 1.10 bits per heavy atom. The molecule has 2 rings (SSSR count). The molecule has 170 valence electrons. The Morgan fingerprint density at radius 3 is 2.34 bits per heavy atom. The van der Waals surface area contributed by atoms with E-state index >= 15 is 0 Å². The van der Waals surface area contributed by atoms with E-state index in [0.29, 0.717) is 19.0 Å². The number of nitrogens with zero attached hydrogens (tertiary/aromatic N) is 2. The van der Waals surface area contributed by atoms with Gasteiger partial charge in [0.1, 0.15) is 9.84 Å². The number of nitrogens with one attached hydrogen (secondary N) is 2. The number of guanidine groups is 1. The average Bonchev–Trinajstić information content (AvgIpc) is 2.67. The topological polar surface area (TPSA) is 73.8 Å². The zero-order valence-corrected chi connectivity index (χ0v) is 20.0. The first-order valence-electron chi connectivity index (χ1n) is 11.6. The molecule has 2 fully saturated rings. The first-order valence-corrected chi connectivity index (χ1v) is 13.7. The standard InChI is InChI=1S/C22H44N4O2S/c1-5-23-21(24-18-22(2,3)13-16-29(4,27)28)25-20-11-14-26(15-12-20)17-19-9-7-6-8-10-19/h19-20H,5-18H2,1-4H3,(H2,23,24,25). The molecule has 6 nitrogen and oxygen atoms in total. The maximum absolute atomic E-state index is 11.5. The summed E-state index contributed by atoms with van der Waals surface area (Å²) in [6.45, 7) is 11.4. The van der Waals surface area contributed by atoms with E-state index < -0.39 is 9.84 Å². The van der Waals surface area contributed by atoms with Crippen LogP contribution in [0.2, 0.25) is 0 Å². The van der Waals surface area contributed by atoms with Crippen molar-refractivity contribution in [3.63, 3.8) is 0 Å². The number of sulfone groups is 1. The van der Waals surface area contributed by atoms with E-state index in [0.717, 1.165) is 31.3 Å². The molecule has 0 aromatic heterocycles. The lowest BCUT2D eigenvalue weighted by Gasteiger charge is -2.36.